The highest BCUT2D eigenvalue weighted by Gasteiger charge is 2.21. The first-order valence-electron chi connectivity index (χ1n) is 6.22. The number of nitrogens with zero attached hydrogens (tertiary/aromatic N) is 3. The summed E-state index contributed by atoms with van der Waals surface area (Å²) >= 11 is 1.39. The third kappa shape index (κ3) is 4.46. The van der Waals surface area contributed by atoms with E-state index in [9.17, 15) is 14.9 Å². The molecular weight excluding hydrogens is 282 g/mol. The predicted octanol–water partition coefficient (Wildman–Crippen LogP) is 2.12. The maximum atomic E-state index is 11.0. The van der Waals surface area contributed by atoms with E-state index < -0.39 is 16.6 Å². The number of thioether (sulfide) groups is 1. The molecule has 0 aromatic carbocycles. The van der Waals surface area contributed by atoms with Crippen molar-refractivity contribution in [3.05, 3.63) is 27.9 Å². The third-order valence-electron chi connectivity index (χ3n) is 2.84. The van der Waals surface area contributed by atoms with E-state index in [2.05, 4.69) is 23.7 Å². The van der Waals surface area contributed by atoms with Crippen molar-refractivity contribution in [1.29, 1.82) is 0 Å². The van der Waals surface area contributed by atoms with Crippen LogP contribution in [0.1, 0.15) is 24.2 Å². The van der Waals surface area contributed by atoms with Gasteiger partial charge in [-0.25, -0.2) is 9.78 Å². The molecule has 0 unspecified atom stereocenters. The third-order valence-corrected chi connectivity index (χ3v) is 3.74. The first kappa shape index (κ1) is 16.4. The van der Waals surface area contributed by atoms with Gasteiger partial charge in [0.25, 0.3) is 0 Å². The molecule has 0 aliphatic heterocycles. The molecule has 0 spiro atoms. The zero-order valence-corrected chi connectivity index (χ0v) is 12.2. The van der Waals surface area contributed by atoms with Crippen LogP contribution >= 0.6 is 11.8 Å². The Labute approximate surface area is 121 Å². The highest BCUT2D eigenvalue weighted by Crippen LogP contribution is 2.23. The minimum atomic E-state index is -1.32. The zero-order valence-electron chi connectivity index (χ0n) is 11.4. The van der Waals surface area contributed by atoms with E-state index in [0.717, 1.165) is 31.6 Å². The van der Waals surface area contributed by atoms with E-state index in [-0.39, 0.29) is 5.56 Å². The van der Waals surface area contributed by atoms with Crippen molar-refractivity contribution in [3.63, 3.8) is 0 Å². The first-order chi connectivity index (χ1) is 9.49. The lowest BCUT2D eigenvalue weighted by atomic mass is 10.2. The van der Waals surface area contributed by atoms with Crippen molar-refractivity contribution >= 4 is 23.4 Å². The molecule has 110 valence electrons. The number of carboxylic acids is 1. The number of pyridine rings is 1. The van der Waals surface area contributed by atoms with E-state index in [1.807, 2.05) is 0 Å². The van der Waals surface area contributed by atoms with Crippen molar-refractivity contribution in [1.82, 2.24) is 9.88 Å². The average Bonchev–Trinajstić information content (AvgIpc) is 2.43. The van der Waals surface area contributed by atoms with Gasteiger partial charge in [0.2, 0.25) is 0 Å². The summed E-state index contributed by atoms with van der Waals surface area (Å²) in [5.41, 5.74) is -0.805. The second-order valence-electron chi connectivity index (χ2n) is 3.98. The maximum Gasteiger partial charge on any atom is 0.342 e. The van der Waals surface area contributed by atoms with Gasteiger partial charge in [-0.1, -0.05) is 13.8 Å². The van der Waals surface area contributed by atoms with Gasteiger partial charge in [0.05, 0.1) is 9.95 Å². The lowest BCUT2D eigenvalue weighted by molar-refractivity contribution is -0.385. The summed E-state index contributed by atoms with van der Waals surface area (Å²) < 4.78 is 0. The van der Waals surface area contributed by atoms with E-state index in [1.54, 1.807) is 0 Å². The first-order valence-corrected chi connectivity index (χ1v) is 7.21. The van der Waals surface area contributed by atoms with Gasteiger partial charge in [-0.3, -0.25) is 10.1 Å². The zero-order chi connectivity index (χ0) is 15.1. The SMILES string of the molecule is CCN(CC)CCSc1cc(C(=O)O)c([N+](=O)[O-])cn1. The van der Waals surface area contributed by atoms with Gasteiger partial charge in [-0.15, -0.1) is 11.8 Å². The van der Waals surface area contributed by atoms with Crippen LogP contribution in [-0.2, 0) is 0 Å². The quantitative estimate of drug-likeness (QED) is 0.446. The van der Waals surface area contributed by atoms with Crippen LogP contribution < -0.4 is 0 Å². The molecule has 1 rings (SSSR count). The molecule has 20 heavy (non-hydrogen) atoms. The molecule has 0 atom stereocenters. The Balaban J connectivity index is 2.75. The largest absolute Gasteiger partial charge is 0.477 e. The molecular formula is C12H17N3O4S. The Hall–Kier alpha value is -1.67. The molecule has 0 radical (unpaired) electrons. The summed E-state index contributed by atoms with van der Waals surface area (Å²) in [5.74, 6) is -0.560. The number of nitro groups is 1. The standard InChI is InChI=1S/C12H17N3O4S/c1-3-14(4-2)5-6-20-11-7-9(12(16)17)10(8-13-11)15(18)19/h7-8H,3-6H2,1-2H3,(H,16,17). The molecule has 1 aromatic rings. The number of carbonyl (C=O) groups is 1. The number of rotatable bonds is 8. The Morgan fingerprint density at radius 1 is 1.50 bits per heavy atom. The Bertz CT molecular complexity index is 492. The number of aromatic carboxylic acids is 1. The number of aromatic nitrogens is 1. The van der Waals surface area contributed by atoms with E-state index in [0.29, 0.717) is 5.03 Å². The smallest absolute Gasteiger partial charge is 0.342 e. The van der Waals surface area contributed by atoms with Crippen LogP contribution in [-0.4, -0.2) is 51.3 Å². The summed E-state index contributed by atoms with van der Waals surface area (Å²) in [5, 5.41) is 20.2. The van der Waals surface area contributed by atoms with E-state index >= 15 is 0 Å². The van der Waals surface area contributed by atoms with Crippen molar-refractivity contribution in [2.75, 3.05) is 25.4 Å². The van der Waals surface area contributed by atoms with Crippen LogP contribution in [0.5, 0.6) is 0 Å². The van der Waals surface area contributed by atoms with Crippen molar-refractivity contribution < 1.29 is 14.8 Å². The summed E-state index contributed by atoms with van der Waals surface area (Å²) in [6, 6.07) is 1.26. The molecule has 7 nitrogen and oxygen atoms in total. The molecule has 1 aromatic heterocycles. The molecule has 0 saturated heterocycles. The van der Waals surface area contributed by atoms with Gasteiger partial charge < -0.3 is 10.0 Å². The predicted molar refractivity (Wildman–Crippen MR) is 76.4 cm³/mol. The Morgan fingerprint density at radius 2 is 2.15 bits per heavy atom. The number of carboxylic acid groups (broad SMARTS) is 1. The highest BCUT2D eigenvalue weighted by atomic mass is 32.2. The molecule has 0 aliphatic carbocycles. The van der Waals surface area contributed by atoms with Crippen LogP contribution in [0.15, 0.2) is 17.3 Å². The molecule has 1 N–H and O–H groups in total. The van der Waals surface area contributed by atoms with Gasteiger partial charge in [-0.05, 0) is 19.2 Å². The fourth-order valence-corrected chi connectivity index (χ4v) is 2.53. The van der Waals surface area contributed by atoms with Crippen LogP contribution in [0.2, 0.25) is 0 Å². The number of hydrogen-bond donors (Lipinski definition) is 1. The molecule has 0 fully saturated rings. The Kier molecular flexibility index (Phi) is 6.40. The summed E-state index contributed by atoms with van der Waals surface area (Å²) in [6.07, 6.45) is 1.00. The van der Waals surface area contributed by atoms with Gasteiger partial charge in [0.15, 0.2) is 0 Å². The summed E-state index contributed by atoms with van der Waals surface area (Å²) in [4.78, 5) is 27.1. The molecule has 0 bridgehead atoms. The second-order valence-corrected chi connectivity index (χ2v) is 5.09. The van der Waals surface area contributed by atoms with Crippen LogP contribution in [0.25, 0.3) is 0 Å². The molecule has 0 amide bonds. The minimum absolute atomic E-state index is 0.324. The second kappa shape index (κ2) is 7.81. The molecule has 0 aliphatic rings. The molecule has 0 saturated carbocycles. The van der Waals surface area contributed by atoms with E-state index in [1.165, 1.54) is 17.8 Å². The average molecular weight is 299 g/mol. The van der Waals surface area contributed by atoms with Crippen molar-refractivity contribution in [3.8, 4) is 0 Å². The molecule has 1 heterocycles. The molecule has 8 heteroatoms. The Morgan fingerprint density at radius 3 is 2.65 bits per heavy atom. The van der Waals surface area contributed by atoms with Crippen LogP contribution in [0.4, 0.5) is 5.69 Å². The van der Waals surface area contributed by atoms with Gasteiger partial charge in [0, 0.05) is 12.3 Å². The van der Waals surface area contributed by atoms with Gasteiger partial charge in [0.1, 0.15) is 11.8 Å². The van der Waals surface area contributed by atoms with Crippen LogP contribution in [0, 0.1) is 10.1 Å². The summed E-state index contributed by atoms with van der Waals surface area (Å²) in [6.45, 7) is 6.90. The monoisotopic (exact) mass is 299 g/mol. The summed E-state index contributed by atoms with van der Waals surface area (Å²) in [7, 11) is 0. The fraction of sp³-hybridized carbons (Fsp3) is 0.500. The maximum absolute atomic E-state index is 11.0. The van der Waals surface area contributed by atoms with Crippen molar-refractivity contribution in [2.24, 2.45) is 0 Å². The van der Waals surface area contributed by atoms with E-state index in [4.69, 9.17) is 5.11 Å². The van der Waals surface area contributed by atoms with Crippen LogP contribution in [0.3, 0.4) is 0 Å². The fourth-order valence-electron chi connectivity index (χ4n) is 1.64. The van der Waals surface area contributed by atoms with Gasteiger partial charge in [-0.2, -0.15) is 0 Å². The lowest BCUT2D eigenvalue weighted by Crippen LogP contribution is -2.25. The van der Waals surface area contributed by atoms with Gasteiger partial charge >= 0.3 is 11.7 Å². The highest BCUT2D eigenvalue weighted by molar-refractivity contribution is 7.99. The normalized spacial score (nSPS) is 10.8. The van der Waals surface area contributed by atoms with Crippen molar-refractivity contribution in [2.45, 2.75) is 18.9 Å². The minimum Gasteiger partial charge on any atom is -0.477 e. The topological polar surface area (TPSA) is 96.6 Å². The lowest BCUT2D eigenvalue weighted by Gasteiger charge is -2.17. The number of hydrogen-bond acceptors (Lipinski definition) is 6.